The van der Waals surface area contributed by atoms with E-state index in [1.54, 1.807) is 0 Å². The first-order valence-corrected chi connectivity index (χ1v) is 5.74. The van der Waals surface area contributed by atoms with Gasteiger partial charge in [0.25, 0.3) is 0 Å². The molecule has 0 amide bonds. The Labute approximate surface area is 100 Å². The van der Waals surface area contributed by atoms with Gasteiger partial charge in [0, 0.05) is 5.54 Å². The number of rotatable bonds is 7. The topological polar surface area (TPSA) is 82.7 Å². The van der Waals surface area contributed by atoms with Crippen molar-refractivity contribution in [2.24, 2.45) is 0 Å². The Kier molecular flexibility index (Phi) is 4.72. The van der Waals surface area contributed by atoms with Gasteiger partial charge in [-0.15, -0.1) is 0 Å². The van der Waals surface area contributed by atoms with Crippen LogP contribution in [0.2, 0.25) is 0 Å². The second-order valence-electron chi connectivity index (χ2n) is 4.06. The molecule has 0 bridgehead atoms. The van der Waals surface area contributed by atoms with E-state index in [0.29, 0.717) is 12.3 Å². The fraction of sp³-hybridized carbons (Fsp3) is 0.583. The summed E-state index contributed by atoms with van der Waals surface area (Å²) in [4.78, 5) is 10.9. The molecule has 0 atom stereocenters. The number of aromatic carboxylic acids is 1. The van der Waals surface area contributed by atoms with E-state index in [0.717, 1.165) is 12.8 Å². The molecule has 0 aliphatic heterocycles. The molecule has 0 aliphatic rings. The molecule has 0 saturated carbocycles. The number of carbonyl (C=O) groups is 1. The van der Waals surface area contributed by atoms with Crippen LogP contribution in [0.4, 0.5) is 0 Å². The highest BCUT2D eigenvalue weighted by molar-refractivity contribution is 5.88. The van der Waals surface area contributed by atoms with Crippen LogP contribution in [0.25, 0.3) is 0 Å². The maximum absolute atomic E-state index is 10.9. The monoisotopic (exact) mass is 241 g/mol. The average Bonchev–Trinajstić information content (AvgIpc) is 2.80. The lowest BCUT2D eigenvalue weighted by atomic mass is 9.94. The fourth-order valence-corrected chi connectivity index (χ4v) is 1.72. The van der Waals surface area contributed by atoms with E-state index in [2.05, 4.69) is 5.32 Å². The normalized spacial score (nSPS) is 11.7. The summed E-state index contributed by atoms with van der Waals surface area (Å²) < 4.78 is 5.13. The van der Waals surface area contributed by atoms with Gasteiger partial charge in [0.05, 0.1) is 19.4 Å². The Morgan fingerprint density at radius 3 is 2.59 bits per heavy atom. The lowest BCUT2D eigenvalue weighted by molar-refractivity contribution is 0.0693. The predicted molar refractivity (Wildman–Crippen MR) is 62.9 cm³/mol. The minimum Gasteiger partial charge on any atom is -0.478 e. The van der Waals surface area contributed by atoms with Gasteiger partial charge in [0.2, 0.25) is 0 Å². The van der Waals surface area contributed by atoms with Gasteiger partial charge in [-0.05, 0) is 18.9 Å². The second-order valence-corrected chi connectivity index (χ2v) is 4.06. The molecule has 1 heterocycles. The second kappa shape index (κ2) is 5.84. The molecule has 96 valence electrons. The SMILES string of the molecule is CCC(CC)(CO)NCc1occc1C(=O)O. The molecule has 3 N–H and O–H groups in total. The third-order valence-corrected chi connectivity index (χ3v) is 3.26. The van der Waals surface area contributed by atoms with E-state index in [4.69, 9.17) is 9.52 Å². The fourth-order valence-electron chi connectivity index (χ4n) is 1.72. The van der Waals surface area contributed by atoms with Gasteiger partial charge in [0.15, 0.2) is 0 Å². The van der Waals surface area contributed by atoms with Crippen LogP contribution in [-0.2, 0) is 6.54 Å². The highest BCUT2D eigenvalue weighted by atomic mass is 16.4. The van der Waals surface area contributed by atoms with Crippen LogP contribution in [0, 0.1) is 0 Å². The number of hydrogen-bond acceptors (Lipinski definition) is 4. The molecule has 1 rings (SSSR count). The van der Waals surface area contributed by atoms with Crippen molar-refractivity contribution in [3.63, 3.8) is 0 Å². The standard InChI is InChI=1S/C12H19NO4/c1-3-12(4-2,8-14)13-7-10-9(11(15)16)5-6-17-10/h5-6,13-14H,3-4,7-8H2,1-2H3,(H,15,16). The van der Waals surface area contributed by atoms with Crippen LogP contribution < -0.4 is 5.32 Å². The Balaban J connectivity index is 2.72. The summed E-state index contributed by atoms with van der Waals surface area (Å²) in [6, 6.07) is 1.43. The molecular weight excluding hydrogens is 222 g/mol. The first kappa shape index (κ1) is 13.7. The molecule has 0 unspecified atom stereocenters. The zero-order valence-electron chi connectivity index (χ0n) is 10.2. The third kappa shape index (κ3) is 3.08. The van der Waals surface area contributed by atoms with Crippen LogP contribution in [0.3, 0.4) is 0 Å². The molecule has 0 radical (unpaired) electrons. The van der Waals surface area contributed by atoms with Crippen molar-refractivity contribution < 1.29 is 19.4 Å². The third-order valence-electron chi connectivity index (χ3n) is 3.26. The van der Waals surface area contributed by atoms with Gasteiger partial charge in [-0.2, -0.15) is 0 Å². The zero-order chi connectivity index (χ0) is 12.9. The van der Waals surface area contributed by atoms with Crippen molar-refractivity contribution in [3.05, 3.63) is 23.7 Å². The summed E-state index contributed by atoms with van der Waals surface area (Å²) in [5.41, 5.74) is -0.209. The number of furan rings is 1. The van der Waals surface area contributed by atoms with E-state index < -0.39 is 5.97 Å². The quantitative estimate of drug-likeness (QED) is 0.675. The Hall–Kier alpha value is -1.33. The number of aliphatic hydroxyl groups is 1. The molecule has 0 spiro atoms. The van der Waals surface area contributed by atoms with Crippen molar-refractivity contribution in [1.82, 2.24) is 5.32 Å². The van der Waals surface area contributed by atoms with E-state index in [1.165, 1.54) is 12.3 Å². The smallest absolute Gasteiger partial charge is 0.339 e. The molecule has 0 saturated heterocycles. The predicted octanol–water partition coefficient (Wildman–Crippen LogP) is 1.62. The first-order valence-electron chi connectivity index (χ1n) is 5.74. The highest BCUT2D eigenvalue weighted by Crippen LogP contribution is 2.17. The summed E-state index contributed by atoms with van der Waals surface area (Å²) >= 11 is 0. The lowest BCUT2D eigenvalue weighted by Gasteiger charge is -2.30. The van der Waals surface area contributed by atoms with Gasteiger partial charge in [0.1, 0.15) is 11.3 Å². The molecule has 17 heavy (non-hydrogen) atoms. The number of nitrogens with one attached hydrogen (secondary N) is 1. The number of carboxylic acids is 1. The van der Waals surface area contributed by atoms with Crippen LogP contribution in [-0.4, -0.2) is 28.3 Å². The summed E-state index contributed by atoms with van der Waals surface area (Å²) in [5, 5.41) is 21.5. The maximum Gasteiger partial charge on any atom is 0.339 e. The molecular formula is C12H19NO4. The molecule has 1 aromatic rings. The lowest BCUT2D eigenvalue weighted by Crippen LogP contribution is -2.47. The summed E-state index contributed by atoms with van der Waals surface area (Å²) in [5.74, 6) is -0.615. The van der Waals surface area contributed by atoms with Crippen molar-refractivity contribution in [1.29, 1.82) is 0 Å². The van der Waals surface area contributed by atoms with Gasteiger partial charge < -0.3 is 19.9 Å². The van der Waals surface area contributed by atoms with Crippen LogP contribution in [0.5, 0.6) is 0 Å². The van der Waals surface area contributed by atoms with E-state index >= 15 is 0 Å². The van der Waals surface area contributed by atoms with Gasteiger partial charge in [-0.25, -0.2) is 4.79 Å². The molecule has 0 fully saturated rings. The van der Waals surface area contributed by atoms with Crippen LogP contribution in [0.1, 0.15) is 42.8 Å². The largest absolute Gasteiger partial charge is 0.478 e. The summed E-state index contributed by atoms with van der Waals surface area (Å²) in [7, 11) is 0. The minimum atomic E-state index is -1.00. The highest BCUT2D eigenvalue weighted by Gasteiger charge is 2.25. The van der Waals surface area contributed by atoms with Crippen molar-refractivity contribution in [2.75, 3.05) is 6.61 Å². The van der Waals surface area contributed by atoms with Crippen LogP contribution in [0.15, 0.2) is 16.7 Å². The molecule has 5 heteroatoms. The van der Waals surface area contributed by atoms with Crippen molar-refractivity contribution in [2.45, 2.75) is 38.8 Å². The van der Waals surface area contributed by atoms with Gasteiger partial charge in [-0.1, -0.05) is 13.8 Å². The summed E-state index contributed by atoms with van der Waals surface area (Å²) in [6.07, 6.45) is 2.89. The maximum atomic E-state index is 10.9. The Morgan fingerprint density at radius 1 is 1.47 bits per heavy atom. The van der Waals surface area contributed by atoms with E-state index in [-0.39, 0.29) is 17.7 Å². The average molecular weight is 241 g/mol. The number of hydrogen-bond donors (Lipinski definition) is 3. The van der Waals surface area contributed by atoms with Crippen molar-refractivity contribution in [3.8, 4) is 0 Å². The molecule has 0 aliphatic carbocycles. The zero-order valence-corrected chi connectivity index (χ0v) is 10.2. The molecule has 1 aromatic heterocycles. The molecule has 0 aromatic carbocycles. The number of aliphatic hydroxyl groups excluding tert-OH is 1. The summed E-state index contributed by atoms with van der Waals surface area (Å²) in [6.45, 7) is 4.28. The van der Waals surface area contributed by atoms with Gasteiger partial charge >= 0.3 is 5.97 Å². The van der Waals surface area contributed by atoms with Gasteiger partial charge in [-0.3, -0.25) is 0 Å². The van der Waals surface area contributed by atoms with E-state index in [9.17, 15) is 9.90 Å². The minimum absolute atomic E-state index is 0.0170. The first-order chi connectivity index (χ1) is 8.08. The number of carboxylic acid groups (broad SMARTS) is 1. The van der Waals surface area contributed by atoms with Crippen molar-refractivity contribution >= 4 is 5.97 Å². The Bertz CT molecular complexity index is 360. The Morgan fingerprint density at radius 2 is 2.12 bits per heavy atom. The van der Waals surface area contributed by atoms with Crippen LogP contribution >= 0.6 is 0 Å². The van der Waals surface area contributed by atoms with E-state index in [1.807, 2.05) is 13.8 Å². The molecule has 5 nitrogen and oxygen atoms in total.